The Morgan fingerprint density at radius 1 is 1.00 bits per heavy atom. The molecule has 0 atom stereocenters. The molecule has 0 aromatic heterocycles. The van der Waals surface area contributed by atoms with Crippen LogP contribution in [0.3, 0.4) is 0 Å². The van der Waals surface area contributed by atoms with Gasteiger partial charge in [0, 0.05) is 10.6 Å². The summed E-state index contributed by atoms with van der Waals surface area (Å²) in [7, 11) is 0. The first-order chi connectivity index (χ1) is 17.4. The average Bonchev–Trinajstić information content (AvgIpc) is 2.89. The van der Waals surface area contributed by atoms with E-state index in [1.54, 1.807) is 48.5 Å². The lowest BCUT2D eigenvalue weighted by atomic mass is 9.85. The number of hydrazone groups is 1. The topological polar surface area (TPSA) is 70.9 Å². The van der Waals surface area contributed by atoms with Crippen molar-refractivity contribution in [1.29, 1.82) is 0 Å². The van der Waals surface area contributed by atoms with Crippen molar-refractivity contribution >= 4 is 62.2 Å². The fraction of sp³-hybridized carbons (Fsp3) is 0.0714. The van der Waals surface area contributed by atoms with Crippen LogP contribution in [0.5, 0.6) is 5.75 Å². The Balaban J connectivity index is 1.50. The van der Waals surface area contributed by atoms with Gasteiger partial charge >= 0.3 is 0 Å². The quantitative estimate of drug-likeness (QED) is 0.125. The van der Waals surface area contributed by atoms with Gasteiger partial charge in [0.1, 0.15) is 12.4 Å². The summed E-state index contributed by atoms with van der Waals surface area (Å²) in [6.07, 6.45) is 1.51. The SMILES string of the molecule is O=C(N/N=C/c1cc(Br)c(OCc2ccccc2Cl)c(I)c1)C(O)(c1ccccc1)c1ccccc1. The summed E-state index contributed by atoms with van der Waals surface area (Å²) in [5.41, 5.74) is 3.11. The summed E-state index contributed by atoms with van der Waals surface area (Å²) < 4.78 is 7.58. The van der Waals surface area contributed by atoms with Gasteiger partial charge < -0.3 is 9.84 Å². The highest BCUT2D eigenvalue weighted by Crippen LogP contribution is 2.33. The van der Waals surface area contributed by atoms with E-state index in [4.69, 9.17) is 16.3 Å². The summed E-state index contributed by atoms with van der Waals surface area (Å²) in [5, 5.41) is 16.3. The molecule has 0 aliphatic heterocycles. The largest absolute Gasteiger partial charge is 0.487 e. The van der Waals surface area contributed by atoms with Crippen LogP contribution in [0.1, 0.15) is 22.3 Å². The Kier molecular flexibility index (Phi) is 8.79. The van der Waals surface area contributed by atoms with Gasteiger partial charge in [0.25, 0.3) is 5.91 Å². The first-order valence-corrected chi connectivity index (χ1v) is 13.2. The first kappa shape index (κ1) is 26.3. The first-order valence-electron chi connectivity index (χ1n) is 10.9. The maximum atomic E-state index is 13.2. The molecule has 4 aromatic rings. The molecular weight excluding hydrogens is 655 g/mol. The Morgan fingerprint density at radius 3 is 2.17 bits per heavy atom. The molecule has 1 amide bonds. The minimum absolute atomic E-state index is 0.329. The minimum Gasteiger partial charge on any atom is -0.487 e. The molecule has 4 aromatic carbocycles. The van der Waals surface area contributed by atoms with Gasteiger partial charge in [-0.15, -0.1) is 0 Å². The molecular formula is C28H21BrClIN2O3. The summed E-state index contributed by atoms with van der Waals surface area (Å²) in [4.78, 5) is 13.2. The number of ether oxygens (including phenoxy) is 1. The van der Waals surface area contributed by atoms with Crippen LogP contribution >= 0.6 is 50.1 Å². The number of hydrogen-bond acceptors (Lipinski definition) is 4. The zero-order valence-corrected chi connectivity index (χ0v) is 23.4. The predicted octanol–water partition coefficient (Wildman–Crippen LogP) is 6.67. The van der Waals surface area contributed by atoms with Gasteiger partial charge in [-0.05, 0) is 73.4 Å². The highest BCUT2D eigenvalue weighted by Gasteiger charge is 2.39. The van der Waals surface area contributed by atoms with E-state index in [1.807, 2.05) is 48.5 Å². The third-order valence-corrected chi connectivity index (χ3v) is 7.20. The van der Waals surface area contributed by atoms with Gasteiger partial charge in [0.2, 0.25) is 0 Å². The molecule has 0 heterocycles. The third-order valence-electron chi connectivity index (χ3n) is 5.44. The standard InChI is InChI=1S/C28H21BrClIN2O3/c29-23-15-19(16-25(31)26(23)36-18-20-9-7-8-14-24(20)30)17-32-33-27(34)28(35,21-10-3-1-4-11-21)22-12-5-2-6-13-22/h1-17,35H,18H2,(H,33,34)/b32-17+. The van der Waals surface area contributed by atoms with Crippen molar-refractivity contribution in [2.75, 3.05) is 0 Å². The second kappa shape index (κ2) is 12.0. The molecule has 0 aliphatic rings. The van der Waals surface area contributed by atoms with Crippen LogP contribution in [-0.4, -0.2) is 17.2 Å². The molecule has 0 fully saturated rings. The zero-order chi connectivity index (χ0) is 25.5. The molecule has 4 rings (SSSR count). The highest BCUT2D eigenvalue weighted by atomic mass is 127. The van der Waals surface area contributed by atoms with Crippen LogP contribution in [0, 0.1) is 3.57 Å². The molecule has 0 saturated heterocycles. The molecule has 0 radical (unpaired) electrons. The Morgan fingerprint density at radius 2 is 1.58 bits per heavy atom. The Labute approximate surface area is 236 Å². The van der Waals surface area contributed by atoms with Crippen LogP contribution in [0.2, 0.25) is 5.02 Å². The molecule has 5 nitrogen and oxygen atoms in total. The average molecular weight is 676 g/mol. The smallest absolute Gasteiger partial charge is 0.281 e. The number of halogens is 3. The molecule has 2 N–H and O–H groups in total. The van der Waals surface area contributed by atoms with Crippen LogP contribution in [0.15, 0.2) is 107 Å². The fourth-order valence-electron chi connectivity index (χ4n) is 3.59. The zero-order valence-electron chi connectivity index (χ0n) is 18.9. The van der Waals surface area contributed by atoms with Crippen LogP contribution < -0.4 is 10.2 Å². The molecule has 36 heavy (non-hydrogen) atoms. The van der Waals surface area contributed by atoms with E-state index >= 15 is 0 Å². The van der Waals surface area contributed by atoms with Crippen LogP contribution in [-0.2, 0) is 17.0 Å². The molecule has 8 heteroatoms. The lowest BCUT2D eigenvalue weighted by Crippen LogP contribution is -2.43. The number of benzene rings is 4. The number of aliphatic hydroxyl groups is 1. The summed E-state index contributed by atoms with van der Waals surface area (Å²) in [6, 6.07) is 28.8. The van der Waals surface area contributed by atoms with Crippen molar-refractivity contribution in [2.24, 2.45) is 5.10 Å². The van der Waals surface area contributed by atoms with Crippen LogP contribution in [0.4, 0.5) is 0 Å². The van der Waals surface area contributed by atoms with E-state index < -0.39 is 11.5 Å². The lowest BCUT2D eigenvalue weighted by molar-refractivity contribution is -0.136. The molecule has 0 bridgehead atoms. The van der Waals surface area contributed by atoms with Crippen molar-refractivity contribution in [3.8, 4) is 5.75 Å². The number of nitrogens with zero attached hydrogens (tertiary/aromatic N) is 1. The van der Waals surface area contributed by atoms with E-state index in [-0.39, 0.29) is 0 Å². The van der Waals surface area contributed by atoms with Crippen molar-refractivity contribution in [3.05, 3.63) is 132 Å². The third kappa shape index (κ3) is 5.98. The molecule has 0 saturated carbocycles. The van der Waals surface area contributed by atoms with E-state index in [1.165, 1.54) is 6.21 Å². The van der Waals surface area contributed by atoms with Crippen molar-refractivity contribution in [2.45, 2.75) is 12.2 Å². The fourth-order valence-corrected chi connectivity index (χ4v) is 5.55. The molecule has 0 unspecified atom stereocenters. The van der Waals surface area contributed by atoms with E-state index in [9.17, 15) is 9.90 Å². The van der Waals surface area contributed by atoms with Crippen LogP contribution in [0.25, 0.3) is 0 Å². The minimum atomic E-state index is -1.90. The van der Waals surface area contributed by atoms with Crippen molar-refractivity contribution in [3.63, 3.8) is 0 Å². The van der Waals surface area contributed by atoms with Crippen molar-refractivity contribution in [1.82, 2.24) is 5.43 Å². The number of hydrogen-bond donors (Lipinski definition) is 2. The lowest BCUT2D eigenvalue weighted by Gasteiger charge is -2.27. The molecule has 0 spiro atoms. The second-order valence-corrected chi connectivity index (χ2v) is 10.3. The van der Waals surface area contributed by atoms with Gasteiger partial charge in [-0.1, -0.05) is 90.5 Å². The number of rotatable bonds is 8. The van der Waals surface area contributed by atoms with Gasteiger partial charge in [-0.3, -0.25) is 4.79 Å². The van der Waals surface area contributed by atoms with Crippen molar-refractivity contribution < 1.29 is 14.6 Å². The number of carbonyl (C=O) groups excluding carboxylic acids is 1. The van der Waals surface area contributed by atoms with Gasteiger partial charge in [0.05, 0.1) is 14.3 Å². The van der Waals surface area contributed by atoms with E-state index in [0.29, 0.717) is 28.5 Å². The van der Waals surface area contributed by atoms with E-state index in [2.05, 4.69) is 49.0 Å². The summed E-state index contributed by atoms with van der Waals surface area (Å²) >= 11 is 12.0. The monoisotopic (exact) mass is 674 g/mol. The van der Waals surface area contributed by atoms with Gasteiger partial charge in [-0.2, -0.15) is 5.10 Å². The second-order valence-electron chi connectivity index (χ2n) is 7.84. The summed E-state index contributed by atoms with van der Waals surface area (Å²) in [5.74, 6) is 0.0174. The Bertz CT molecular complexity index is 1320. The maximum absolute atomic E-state index is 13.2. The maximum Gasteiger partial charge on any atom is 0.281 e. The summed E-state index contributed by atoms with van der Waals surface area (Å²) in [6.45, 7) is 0.329. The number of nitrogens with one attached hydrogen (secondary N) is 1. The highest BCUT2D eigenvalue weighted by molar-refractivity contribution is 14.1. The number of amides is 1. The van der Waals surface area contributed by atoms with Gasteiger partial charge in [-0.25, -0.2) is 5.43 Å². The molecule has 182 valence electrons. The van der Waals surface area contributed by atoms with E-state index in [0.717, 1.165) is 19.2 Å². The predicted molar refractivity (Wildman–Crippen MR) is 154 cm³/mol. The normalized spacial score (nSPS) is 11.4. The Hall–Kier alpha value is -2.72. The van der Waals surface area contributed by atoms with Gasteiger partial charge in [0.15, 0.2) is 5.60 Å². The number of carbonyl (C=O) groups is 1. The molecule has 0 aliphatic carbocycles.